The molecule has 1 aliphatic heterocycles. The average molecular weight is 263 g/mol. The Balaban J connectivity index is 2.16. The van der Waals surface area contributed by atoms with Crippen molar-refractivity contribution in [3.63, 3.8) is 0 Å². The number of nitrogens with one attached hydrogen (secondary N) is 1. The summed E-state index contributed by atoms with van der Waals surface area (Å²) in [4.78, 5) is 14.4. The first-order valence-corrected chi connectivity index (χ1v) is 7.29. The number of carbonyl (C=O) groups excluding carboxylic acids is 1. The number of nitrogens with zero attached hydrogens (tertiary/aromatic N) is 2. The zero-order chi connectivity index (χ0) is 13.8. The molecule has 1 aliphatic rings. The normalized spacial score (nSPS) is 18.3. The van der Waals surface area contributed by atoms with Crippen LogP contribution in [-0.4, -0.2) is 41.6 Å². The van der Waals surface area contributed by atoms with Crippen molar-refractivity contribution in [2.24, 2.45) is 0 Å². The van der Waals surface area contributed by atoms with Crippen LogP contribution in [-0.2, 0) is 0 Å². The Morgan fingerprint density at radius 3 is 2.84 bits per heavy atom. The smallest absolute Gasteiger partial charge is 0.270 e. The fraction of sp³-hybridized carbons (Fsp3) is 0.667. The van der Waals surface area contributed by atoms with Crippen molar-refractivity contribution in [2.75, 3.05) is 20.1 Å². The summed E-state index contributed by atoms with van der Waals surface area (Å²) >= 11 is 0. The number of aromatic nitrogens is 1. The van der Waals surface area contributed by atoms with E-state index < -0.39 is 0 Å². The summed E-state index contributed by atoms with van der Waals surface area (Å²) in [5.41, 5.74) is 0.828. The number of hydrogen-bond donors (Lipinski definition) is 1. The molecule has 0 saturated carbocycles. The van der Waals surface area contributed by atoms with Crippen LogP contribution in [0.2, 0.25) is 0 Å². The molecular formula is C15H25N3O. The van der Waals surface area contributed by atoms with Crippen molar-refractivity contribution in [3.8, 4) is 0 Å². The van der Waals surface area contributed by atoms with E-state index in [1.165, 1.54) is 0 Å². The highest BCUT2D eigenvalue weighted by Gasteiger charge is 2.23. The molecule has 0 spiro atoms. The van der Waals surface area contributed by atoms with E-state index in [1.807, 2.05) is 30.3 Å². The van der Waals surface area contributed by atoms with Gasteiger partial charge in [-0.3, -0.25) is 4.79 Å². The van der Waals surface area contributed by atoms with Gasteiger partial charge < -0.3 is 14.8 Å². The van der Waals surface area contributed by atoms with Gasteiger partial charge in [0.15, 0.2) is 0 Å². The number of carbonyl (C=O) groups is 1. The van der Waals surface area contributed by atoms with Gasteiger partial charge in [0.25, 0.3) is 5.91 Å². The number of rotatable bonds is 4. The van der Waals surface area contributed by atoms with E-state index in [9.17, 15) is 4.79 Å². The van der Waals surface area contributed by atoms with E-state index in [1.54, 1.807) is 0 Å². The van der Waals surface area contributed by atoms with Crippen LogP contribution < -0.4 is 5.32 Å². The Bertz CT molecular complexity index is 421. The first kappa shape index (κ1) is 14.1. The van der Waals surface area contributed by atoms with Crippen molar-refractivity contribution in [3.05, 3.63) is 24.0 Å². The monoisotopic (exact) mass is 263 g/mol. The third-order valence-corrected chi connectivity index (χ3v) is 4.27. The molecule has 0 aromatic carbocycles. The summed E-state index contributed by atoms with van der Waals surface area (Å²) in [7, 11) is 1.90. The molecule has 4 nitrogen and oxygen atoms in total. The second-order valence-corrected chi connectivity index (χ2v) is 5.46. The summed E-state index contributed by atoms with van der Waals surface area (Å²) in [6, 6.07) is 4.67. The summed E-state index contributed by atoms with van der Waals surface area (Å²) < 4.78 is 2.17. The van der Waals surface area contributed by atoms with Gasteiger partial charge in [-0.1, -0.05) is 6.92 Å². The van der Waals surface area contributed by atoms with Crippen LogP contribution in [0.5, 0.6) is 0 Å². The van der Waals surface area contributed by atoms with Gasteiger partial charge >= 0.3 is 0 Å². The fourth-order valence-corrected chi connectivity index (χ4v) is 2.63. The van der Waals surface area contributed by atoms with E-state index >= 15 is 0 Å². The first-order chi connectivity index (χ1) is 9.15. The van der Waals surface area contributed by atoms with E-state index in [4.69, 9.17) is 0 Å². The van der Waals surface area contributed by atoms with Gasteiger partial charge in [0.1, 0.15) is 5.69 Å². The molecule has 4 heteroatoms. The number of amides is 1. The summed E-state index contributed by atoms with van der Waals surface area (Å²) in [6.07, 6.45) is 5.23. The predicted molar refractivity (Wildman–Crippen MR) is 77.4 cm³/mol. The standard InChI is InChI=1S/C15H25N3O/c1-4-12(2)17(3)15(19)14-6-5-11-18(14)13-7-9-16-10-8-13/h5-6,11-13,16H,4,7-10H2,1-3H3. The Morgan fingerprint density at radius 2 is 2.21 bits per heavy atom. The van der Waals surface area contributed by atoms with Gasteiger partial charge in [-0.25, -0.2) is 0 Å². The molecule has 19 heavy (non-hydrogen) atoms. The summed E-state index contributed by atoms with van der Waals surface area (Å²) in [5.74, 6) is 0.137. The molecule has 1 fully saturated rings. The highest BCUT2D eigenvalue weighted by molar-refractivity contribution is 5.92. The predicted octanol–water partition coefficient (Wildman–Crippen LogP) is 2.28. The van der Waals surface area contributed by atoms with Crippen LogP contribution in [0.25, 0.3) is 0 Å². The van der Waals surface area contributed by atoms with Crippen molar-refractivity contribution in [1.29, 1.82) is 0 Å². The molecular weight excluding hydrogens is 238 g/mol. The van der Waals surface area contributed by atoms with Gasteiger partial charge in [0.2, 0.25) is 0 Å². The highest BCUT2D eigenvalue weighted by atomic mass is 16.2. The lowest BCUT2D eigenvalue weighted by atomic mass is 10.1. The van der Waals surface area contributed by atoms with E-state index in [0.29, 0.717) is 6.04 Å². The zero-order valence-electron chi connectivity index (χ0n) is 12.2. The molecule has 1 saturated heterocycles. The minimum absolute atomic E-state index is 0.137. The van der Waals surface area contributed by atoms with Crippen LogP contribution in [0.3, 0.4) is 0 Å². The minimum Gasteiger partial charge on any atom is -0.340 e. The van der Waals surface area contributed by atoms with Gasteiger partial charge in [-0.2, -0.15) is 0 Å². The van der Waals surface area contributed by atoms with Crippen LogP contribution in [0.4, 0.5) is 0 Å². The molecule has 0 bridgehead atoms. The molecule has 2 heterocycles. The van der Waals surface area contributed by atoms with E-state index in [-0.39, 0.29) is 11.9 Å². The third-order valence-electron chi connectivity index (χ3n) is 4.27. The zero-order valence-corrected chi connectivity index (χ0v) is 12.2. The molecule has 106 valence electrons. The molecule has 1 aromatic heterocycles. The lowest BCUT2D eigenvalue weighted by molar-refractivity contribution is 0.0726. The Kier molecular flexibility index (Phi) is 4.64. The Hall–Kier alpha value is -1.29. The maximum Gasteiger partial charge on any atom is 0.270 e. The second kappa shape index (κ2) is 6.24. The Labute approximate surface area is 115 Å². The van der Waals surface area contributed by atoms with Crippen molar-refractivity contribution in [1.82, 2.24) is 14.8 Å². The molecule has 1 amide bonds. The van der Waals surface area contributed by atoms with Crippen LogP contribution >= 0.6 is 0 Å². The van der Waals surface area contributed by atoms with Crippen molar-refractivity contribution in [2.45, 2.75) is 45.2 Å². The molecule has 0 radical (unpaired) electrons. The van der Waals surface area contributed by atoms with E-state index in [2.05, 4.69) is 23.7 Å². The largest absolute Gasteiger partial charge is 0.340 e. The van der Waals surface area contributed by atoms with Gasteiger partial charge in [-0.05, 0) is 51.4 Å². The number of piperidine rings is 1. The quantitative estimate of drug-likeness (QED) is 0.905. The maximum atomic E-state index is 12.6. The van der Waals surface area contributed by atoms with Crippen molar-refractivity contribution >= 4 is 5.91 Å². The summed E-state index contributed by atoms with van der Waals surface area (Å²) in [6.45, 7) is 6.28. The maximum absolute atomic E-state index is 12.6. The highest BCUT2D eigenvalue weighted by Crippen LogP contribution is 2.22. The van der Waals surface area contributed by atoms with Gasteiger partial charge in [0, 0.05) is 25.3 Å². The first-order valence-electron chi connectivity index (χ1n) is 7.29. The molecule has 2 rings (SSSR count). The second-order valence-electron chi connectivity index (χ2n) is 5.46. The molecule has 1 aromatic rings. The lowest BCUT2D eigenvalue weighted by Gasteiger charge is -2.28. The molecule has 1 atom stereocenters. The Morgan fingerprint density at radius 1 is 1.53 bits per heavy atom. The third kappa shape index (κ3) is 3.00. The molecule has 1 unspecified atom stereocenters. The van der Waals surface area contributed by atoms with Gasteiger partial charge in [0.05, 0.1) is 0 Å². The topological polar surface area (TPSA) is 37.3 Å². The SMILES string of the molecule is CCC(C)N(C)C(=O)c1cccn1C1CCNCC1. The van der Waals surface area contributed by atoms with Crippen molar-refractivity contribution < 1.29 is 4.79 Å². The summed E-state index contributed by atoms with van der Waals surface area (Å²) in [5, 5.41) is 3.37. The minimum atomic E-state index is 0.137. The van der Waals surface area contributed by atoms with Crippen LogP contribution in [0.1, 0.15) is 49.6 Å². The van der Waals surface area contributed by atoms with E-state index in [0.717, 1.165) is 38.0 Å². The average Bonchev–Trinajstić information content (AvgIpc) is 2.95. The number of hydrogen-bond acceptors (Lipinski definition) is 2. The van der Waals surface area contributed by atoms with Crippen LogP contribution in [0, 0.1) is 0 Å². The lowest BCUT2D eigenvalue weighted by Crippen LogP contribution is -2.37. The fourth-order valence-electron chi connectivity index (χ4n) is 2.63. The van der Waals surface area contributed by atoms with Crippen LogP contribution in [0.15, 0.2) is 18.3 Å². The molecule has 0 aliphatic carbocycles. The van der Waals surface area contributed by atoms with Gasteiger partial charge in [-0.15, -0.1) is 0 Å². The molecule has 1 N–H and O–H groups in total.